The van der Waals surface area contributed by atoms with Crippen molar-refractivity contribution in [3.63, 3.8) is 0 Å². The SMILES string of the molecule is CCC(=O)N1CCN(CCCc2cc(C)c3c(N)ncnn23)CC1. The first-order valence-corrected chi connectivity index (χ1v) is 8.68. The number of rotatable bonds is 5. The molecule has 0 radical (unpaired) electrons. The Morgan fingerprint density at radius 3 is 2.75 bits per heavy atom. The molecule has 1 saturated heterocycles. The number of nitrogens with zero attached hydrogens (tertiary/aromatic N) is 5. The first-order chi connectivity index (χ1) is 11.6. The van der Waals surface area contributed by atoms with Crippen LogP contribution >= 0.6 is 0 Å². The maximum atomic E-state index is 11.7. The number of nitrogen functional groups attached to an aromatic ring is 1. The molecule has 24 heavy (non-hydrogen) atoms. The Balaban J connectivity index is 1.53. The van der Waals surface area contributed by atoms with Gasteiger partial charge >= 0.3 is 0 Å². The van der Waals surface area contributed by atoms with E-state index >= 15 is 0 Å². The van der Waals surface area contributed by atoms with Crippen LogP contribution in [-0.4, -0.2) is 63.0 Å². The zero-order valence-corrected chi connectivity index (χ0v) is 14.5. The first-order valence-electron chi connectivity index (χ1n) is 8.68. The smallest absolute Gasteiger partial charge is 0.222 e. The summed E-state index contributed by atoms with van der Waals surface area (Å²) in [5.41, 5.74) is 9.17. The first kappa shape index (κ1) is 16.7. The Morgan fingerprint density at radius 1 is 1.29 bits per heavy atom. The van der Waals surface area contributed by atoms with Gasteiger partial charge in [-0.2, -0.15) is 5.10 Å². The fraction of sp³-hybridized carbons (Fsp3) is 0.588. The third-order valence-electron chi connectivity index (χ3n) is 4.78. The predicted octanol–water partition coefficient (Wildman–Crippen LogP) is 1.11. The molecule has 3 rings (SSSR count). The van der Waals surface area contributed by atoms with Crippen LogP contribution in [0.3, 0.4) is 0 Å². The van der Waals surface area contributed by atoms with Gasteiger partial charge in [0.1, 0.15) is 11.8 Å². The summed E-state index contributed by atoms with van der Waals surface area (Å²) in [6, 6.07) is 2.15. The molecular weight excluding hydrogens is 304 g/mol. The zero-order chi connectivity index (χ0) is 17.1. The van der Waals surface area contributed by atoms with Crippen LogP contribution in [0.2, 0.25) is 0 Å². The van der Waals surface area contributed by atoms with E-state index in [1.165, 1.54) is 12.0 Å². The van der Waals surface area contributed by atoms with Gasteiger partial charge in [-0.3, -0.25) is 9.69 Å². The fourth-order valence-electron chi connectivity index (χ4n) is 3.44. The van der Waals surface area contributed by atoms with Crippen LogP contribution in [-0.2, 0) is 11.2 Å². The number of aromatic nitrogens is 3. The molecule has 1 amide bonds. The van der Waals surface area contributed by atoms with Crippen molar-refractivity contribution in [3.05, 3.63) is 23.7 Å². The molecule has 7 nitrogen and oxygen atoms in total. The highest BCUT2D eigenvalue weighted by Crippen LogP contribution is 2.20. The lowest BCUT2D eigenvalue weighted by atomic mass is 10.2. The second kappa shape index (κ2) is 7.17. The number of hydrogen-bond acceptors (Lipinski definition) is 5. The van der Waals surface area contributed by atoms with E-state index in [9.17, 15) is 4.79 Å². The molecule has 2 N–H and O–H groups in total. The number of amides is 1. The van der Waals surface area contributed by atoms with Gasteiger partial charge in [-0.25, -0.2) is 9.50 Å². The maximum Gasteiger partial charge on any atom is 0.222 e. The van der Waals surface area contributed by atoms with Crippen LogP contribution < -0.4 is 5.73 Å². The lowest BCUT2D eigenvalue weighted by molar-refractivity contribution is -0.132. The Bertz CT molecular complexity index is 717. The van der Waals surface area contributed by atoms with Gasteiger partial charge in [0.05, 0.1) is 0 Å². The van der Waals surface area contributed by atoms with Gasteiger partial charge in [0.25, 0.3) is 0 Å². The number of carbonyl (C=O) groups excluding carboxylic acids is 1. The van der Waals surface area contributed by atoms with Crippen LogP contribution in [0.15, 0.2) is 12.4 Å². The van der Waals surface area contributed by atoms with Crippen molar-refractivity contribution >= 4 is 17.2 Å². The van der Waals surface area contributed by atoms with Crippen LogP contribution in [0.4, 0.5) is 5.82 Å². The Labute approximate surface area is 142 Å². The molecule has 7 heteroatoms. The monoisotopic (exact) mass is 330 g/mol. The minimum Gasteiger partial charge on any atom is -0.382 e. The van der Waals surface area contributed by atoms with Crippen LogP contribution in [0, 0.1) is 6.92 Å². The molecule has 3 heterocycles. The summed E-state index contributed by atoms with van der Waals surface area (Å²) in [6.07, 6.45) is 4.14. The van der Waals surface area contributed by atoms with Crippen LogP contribution in [0.1, 0.15) is 31.0 Å². The van der Waals surface area contributed by atoms with Gasteiger partial charge < -0.3 is 10.6 Å². The Morgan fingerprint density at radius 2 is 2.04 bits per heavy atom. The number of carbonyl (C=O) groups is 1. The maximum absolute atomic E-state index is 11.7. The van der Waals surface area contributed by atoms with Crippen molar-refractivity contribution in [3.8, 4) is 0 Å². The standard InChI is InChI=1S/C17H26N6O/c1-3-15(24)22-9-7-21(8-10-22)6-4-5-14-11-13(2)16-17(18)19-12-20-23(14)16/h11-12H,3-10H2,1-2H3,(H2,18,19,20). The Hall–Kier alpha value is -2.15. The van der Waals surface area contributed by atoms with E-state index in [0.717, 1.165) is 56.6 Å². The van der Waals surface area contributed by atoms with Crippen molar-refractivity contribution in [2.75, 3.05) is 38.5 Å². The average Bonchev–Trinajstić information content (AvgIpc) is 2.92. The molecule has 1 fully saturated rings. The molecule has 0 atom stereocenters. The van der Waals surface area contributed by atoms with E-state index < -0.39 is 0 Å². The highest BCUT2D eigenvalue weighted by atomic mass is 16.2. The minimum atomic E-state index is 0.266. The van der Waals surface area contributed by atoms with Crippen molar-refractivity contribution in [2.24, 2.45) is 0 Å². The quantitative estimate of drug-likeness (QED) is 0.888. The molecule has 0 aromatic carbocycles. The second-order valence-corrected chi connectivity index (χ2v) is 6.40. The molecular formula is C17H26N6O. The van der Waals surface area contributed by atoms with Gasteiger partial charge in [-0.05, 0) is 37.9 Å². The molecule has 0 bridgehead atoms. The Kier molecular flexibility index (Phi) is 4.99. The van der Waals surface area contributed by atoms with Gasteiger partial charge in [0.2, 0.25) is 5.91 Å². The topological polar surface area (TPSA) is 79.8 Å². The van der Waals surface area contributed by atoms with Crippen LogP contribution in [0.25, 0.3) is 5.52 Å². The number of piperazine rings is 1. The minimum absolute atomic E-state index is 0.266. The predicted molar refractivity (Wildman–Crippen MR) is 93.8 cm³/mol. The summed E-state index contributed by atoms with van der Waals surface area (Å²) in [6.45, 7) is 8.65. The largest absolute Gasteiger partial charge is 0.382 e. The van der Waals surface area contributed by atoms with Crippen molar-refractivity contribution in [1.82, 2.24) is 24.4 Å². The lowest BCUT2D eigenvalue weighted by Gasteiger charge is -2.34. The summed E-state index contributed by atoms with van der Waals surface area (Å²) in [4.78, 5) is 20.2. The molecule has 130 valence electrons. The summed E-state index contributed by atoms with van der Waals surface area (Å²) in [5, 5.41) is 4.33. The number of fused-ring (bicyclic) bond motifs is 1. The zero-order valence-electron chi connectivity index (χ0n) is 14.5. The number of nitrogens with two attached hydrogens (primary N) is 1. The van der Waals surface area contributed by atoms with Gasteiger partial charge in [0.15, 0.2) is 5.82 Å². The van der Waals surface area contributed by atoms with E-state index in [4.69, 9.17) is 5.73 Å². The van der Waals surface area contributed by atoms with E-state index in [0.29, 0.717) is 12.2 Å². The number of anilines is 1. The summed E-state index contributed by atoms with van der Waals surface area (Å²) in [7, 11) is 0. The molecule has 0 saturated carbocycles. The molecule has 0 unspecified atom stereocenters. The summed E-state index contributed by atoms with van der Waals surface area (Å²) < 4.78 is 1.91. The van der Waals surface area contributed by atoms with Crippen LogP contribution in [0.5, 0.6) is 0 Å². The molecule has 1 aliphatic rings. The third kappa shape index (κ3) is 3.36. The highest BCUT2D eigenvalue weighted by Gasteiger charge is 2.19. The average molecular weight is 330 g/mol. The summed E-state index contributed by atoms with van der Waals surface area (Å²) >= 11 is 0. The van der Waals surface area contributed by atoms with Gasteiger partial charge in [0, 0.05) is 38.3 Å². The van der Waals surface area contributed by atoms with Crippen molar-refractivity contribution in [2.45, 2.75) is 33.1 Å². The normalized spacial score (nSPS) is 16.0. The van der Waals surface area contributed by atoms with E-state index in [2.05, 4.69) is 21.0 Å². The fourth-order valence-corrected chi connectivity index (χ4v) is 3.44. The molecule has 2 aromatic rings. The lowest BCUT2D eigenvalue weighted by Crippen LogP contribution is -2.48. The van der Waals surface area contributed by atoms with E-state index in [1.807, 2.05) is 23.3 Å². The second-order valence-electron chi connectivity index (χ2n) is 6.40. The molecule has 0 spiro atoms. The van der Waals surface area contributed by atoms with Crippen molar-refractivity contribution < 1.29 is 4.79 Å². The van der Waals surface area contributed by atoms with E-state index in [1.54, 1.807) is 0 Å². The highest BCUT2D eigenvalue weighted by molar-refractivity contribution is 5.75. The molecule has 0 aliphatic carbocycles. The number of hydrogen-bond donors (Lipinski definition) is 1. The van der Waals surface area contributed by atoms with Gasteiger partial charge in [-0.15, -0.1) is 0 Å². The number of aryl methyl sites for hydroxylation is 2. The van der Waals surface area contributed by atoms with Gasteiger partial charge in [-0.1, -0.05) is 6.92 Å². The summed E-state index contributed by atoms with van der Waals surface area (Å²) in [5.74, 6) is 0.799. The molecule has 1 aliphatic heterocycles. The van der Waals surface area contributed by atoms with E-state index in [-0.39, 0.29) is 5.91 Å². The molecule has 2 aromatic heterocycles. The third-order valence-corrected chi connectivity index (χ3v) is 4.78. The van der Waals surface area contributed by atoms with Crippen molar-refractivity contribution in [1.29, 1.82) is 0 Å².